The number of alkyl halides is 3. The third-order valence-electron chi connectivity index (χ3n) is 3.32. The number of nitrogens with one attached hydrogen (secondary N) is 1. The van der Waals surface area contributed by atoms with E-state index in [2.05, 4.69) is 26.2 Å². The first-order valence-corrected chi connectivity index (χ1v) is 9.29. The molecule has 0 aliphatic rings. The zero-order chi connectivity index (χ0) is 20.9. The number of benzene rings is 1. The maximum Gasteiger partial charge on any atom is 0.417 e. The summed E-state index contributed by atoms with van der Waals surface area (Å²) >= 11 is 3.86. The van der Waals surface area contributed by atoms with Crippen LogP contribution in [0.1, 0.15) is 11.1 Å². The van der Waals surface area contributed by atoms with Gasteiger partial charge in [0, 0.05) is 10.0 Å². The van der Waals surface area contributed by atoms with E-state index in [1.807, 2.05) is 0 Å². The summed E-state index contributed by atoms with van der Waals surface area (Å²) < 4.78 is 41.1. The van der Waals surface area contributed by atoms with Crippen LogP contribution in [0.15, 0.2) is 39.8 Å². The molecule has 2 rings (SSSR count). The zero-order valence-corrected chi connectivity index (χ0v) is 16.3. The third kappa shape index (κ3) is 5.71. The second kappa shape index (κ2) is 9.07. The highest BCUT2D eigenvalue weighted by molar-refractivity contribution is 9.10. The molecule has 0 spiro atoms. The van der Waals surface area contributed by atoms with Crippen molar-refractivity contribution in [3.05, 3.63) is 45.9 Å². The molecule has 146 valence electrons. The zero-order valence-electron chi connectivity index (χ0n) is 13.9. The quantitative estimate of drug-likeness (QED) is 0.620. The van der Waals surface area contributed by atoms with Crippen molar-refractivity contribution in [2.75, 3.05) is 12.3 Å². The minimum atomic E-state index is -4.79. The lowest BCUT2D eigenvalue weighted by Crippen LogP contribution is -2.30. The number of nitriles is 1. The van der Waals surface area contributed by atoms with E-state index in [9.17, 15) is 28.0 Å². The first-order chi connectivity index (χ1) is 13.1. The molecule has 0 saturated carbocycles. The Morgan fingerprint density at radius 2 is 1.93 bits per heavy atom. The molecule has 0 aliphatic carbocycles. The van der Waals surface area contributed by atoms with E-state index in [0.717, 1.165) is 10.5 Å². The van der Waals surface area contributed by atoms with Gasteiger partial charge in [0.2, 0.25) is 5.91 Å². The molecule has 1 heterocycles. The number of amides is 1. The Hall–Kier alpha value is -2.58. The minimum absolute atomic E-state index is 0.00716. The van der Waals surface area contributed by atoms with E-state index in [1.54, 1.807) is 24.3 Å². The maximum atomic E-state index is 13.4. The van der Waals surface area contributed by atoms with Crippen LogP contribution < -0.4 is 5.32 Å². The summed E-state index contributed by atoms with van der Waals surface area (Å²) in [7, 11) is 0. The molecular weight excluding hydrogens is 463 g/mol. The van der Waals surface area contributed by atoms with Gasteiger partial charge in [0.1, 0.15) is 17.6 Å². The normalized spacial score (nSPS) is 11.0. The van der Waals surface area contributed by atoms with Gasteiger partial charge < -0.3 is 10.4 Å². The summed E-state index contributed by atoms with van der Waals surface area (Å²) in [4.78, 5) is 26.2. The molecule has 2 aromatic rings. The van der Waals surface area contributed by atoms with E-state index in [0.29, 0.717) is 17.3 Å². The second-order valence-electron chi connectivity index (χ2n) is 5.31. The van der Waals surface area contributed by atoms with Gasteiger partial charge in [0.25, 0.3) is 0 Å². The highest BCUT2D eigenvalue weighted by atomic mass is 79.9. The average Bonchev–Trinajstić information content (AvgIpc) is 2.63. The van der Waals surface area contributed by atoms with Gasteiger partial charge in [0.05, 0.1) is 22.6 Å². The predicted molar refractivity (Wildman–Crippen MR) is 98.5 cm³/mol. The molecule has 0 aliphatic heterocycles. The molecule has 0 bridgehead atoms. The van der Waals surface area contributed by atoms with Gasteiger partial charge in [0.15, 0.2) is 0 Å². The number of rotatable bonds is 6. The molecule has 0 atom stereocenters. The fourth-order valence-corrected chi connectivity index (χ4v) is 3.18. The summed E-state index contributed by atoms with van der Waals surface area (Å²) in [6, 6.07) is 8.68. The molecule has 11 heteroatoms. The van der Waals surface area contributed by atoms with E-state index in [-0.39, 0.29) is 10.7 Å². The SMILES string of the molecule is N#Cc1c(C(F)(F)F)cc(-c2ccc(Br)cc2)nc1SCC(=O)NCC(=O)O. The van der Waals surface area contributed by atoms with Crippen LogP contribution in [0.4, 0.5) is 13.2 Å². The Morgan fingerprint density at radius 1 is 1.29 bits per heavy atom. The van der Waals surface area contributed by atoms with Crippen molar-refractivity contribution < 1.29 is 27.9 Å². The summed E-state index contributed by atoms with van der Waals surface area (Å²) in [5.41, 5.74) is -1.46. The van der Waals surface area contributed by atoms with Crippen molar-refractivity contribution in [2.24, 2.45) is 0 Å². The van der Waals surface area contributed by atoms with Crippen LogP contribution in [0.5, 0.6) is 0 Å². The van der Waals surface area contributed by atoms with Crippen LogP contribution in [0.2, 0.25) is 0 Å². The van der Waals surface area contributed by atoms with Crippen molar-refractivity contribution in [1.29, 1.82) is 5.26 Å². The molecule has 0 fully saturated rings. The Labute approximate surface area is 169 Å². The fourth-order valence-electron chi connectivity index (χ4n) is 2.09. The van der Waals surface area contributed by atoms with E-state index in [4.69, 9.17) is 5.11 Å². The Bertz CT molecular complexity index is 944. The van der Waals surface area contributed by atoms with Crippen molar-refractivity contribution in [2.45, 2.75) is 11.2 Å². The van der Waals surface area contributed by atoms with Crippen LogP contribution in [-0.2, 0) is 15.8 Å². The molecule has 1 amide bonds. The Kier molecular flexibility index (Phi) is 7.04. The standard InChI is InChI=1S/C17H11BrF3N3O3S/c18-10-3-1-9(2-4-10)13-5-12(17(19,20)21)11(6-22)16(24-13)28-8-14(25)23-7-15(26)27/h1-5H,7-8H2,(H,23,25)(H,26,27). The number of nitrogens with zero attached hydrogens (tertiary/aromatic N) is 2. The number of carbonyl (C=O) groups is 2. The largest absolute Gasteiger partial charge is 0.480 e. The average molecular weight is 474 g/mol. The monoisotopic (exact) mass is 473 g/mol. The second-order valence-corrected chi connectivity index (χ2v) is 7.19. The third-order valence-corrected chi connectivity index (χ3v) is 4.82. The number of aliphatic carboxylic acids is 1. The number of hydrogen-bond acceptors (Lipinski definition) is 5. The van der Waals surface area contributed by atoms with Gasteiger partial charge in [-0.15, -0.1) is 0 Å². The minimum Gasteiger partial charge on any atom is -0.480 e. The van der Waals surface area contributed by atoms with Crippen LogP contribution in [0.25, 0.3) is 11.3 Å². The maximum absolute atomic E-state index is 13.4. The van der Waals surface area contributed by atoms with E-state index in [1.165, 1.54) is 6.07 Å². The Balaban J connectivity index is 2.43. The highest BCUT2D eigenvalue weighted by Gasteiger charge is 2.36. The molecule has 0 radical (unpaired) electrons. The van der Waals surface area contributed by atoms with Gasteiger partial charge in [-0.2, -0.15) is 18.4 Å². The summed E-state index contributed by atoms with van der Waals surface area (Å²) in [6.07, 6.45) is -4.79. The van der Waals surface area contributed by atoms with Crippen LogP contribution in [0.3, 0.4) is 0 Å². The number of hydrogen-bond donors (Lipinski definition) is 2. The molecule has 0 saturated heterocycles. The van der Waals surface area contributed by atoms with Gasteiger partial charge in [-0.1, -0.05) is 39.8 Å². The van der Waals surface area contributed by atoms with Gasteiger partial charge in [-0.3, -0.25) is 9.59 Å². The number of halogens is 4. The van der Waals surface area contributed by atoms with Crippen LogP contribution in [0, 0.1) is 11.3 Å². The predicted octanol–water partition coefficient (Wildman–Crippen LogP) is 3.69. The molecular formula is C17H11BrF3N3O3S. The Morgan fingerprint density at radius 3 is 2.46 bits per heavy atom. The van der Waals surface area contributed by atoms with Crippen LogP contribution in [-0.4, -0.2) is 34.3 Å². The number of aromatic nitrogens is 1. The van der Waals surface area contributed by atoms with Crippen molar-refractivity contribution >= 4 is 39.6 Å². The number of thioether (sulfide) groups is 1. The van der Waals surface area contributed by atoms with Crippen molar-refractivity contribution in [3.8, 4) is 17.3 Å². The van der Waals surface area contributed by atoms with Crippen molar-refractivity contribution in [3.63, 3.8) is 0 Å². The van der Waals surface area contributed by atoms with Gasteiger partial charge in [-0.05, 0) is 18.2 Å². The molecule has 2 N–H and O–H groups in total. The summed E-state index contributed by atoms with van der Waals surface area (Å²) in [5.74, 6) is -2.36. The van der Waals surface area contributed by atoms with Gasteiger partial charge >= 0.3 is 12.1 Å². The highest BCUT2D eigenvalue weighted by Crippen LogP contribution is 2.38. The number of carbonyl (C=O) groups excluding carboxylic acids is 1. The fraction of sp³-hybridized carbons (Fsp3) is 0.176. The van der Waals surface area contributed by atoms with E-state index < -0.39 is 41.5 Å². The lowest BCUT2D eigenvalue weighted by atomic mass is 10.1. The lowest BCUT2D eigenvalue weighted by Gasteiger charge is -2.14. The smallest absolute Gasteiger partial charge is 0.417 e. The number of pyridine rings is 1. The number of carboxylic acids is 1. The summed E-state index contributed by atoms with van der Waals surface area (Å²) in [5, 5.41) is 19.6. The first kappa shape index (κ1) is 21.7. The van der Waals surface area contributed by atoms with Crippen molar-refractivity contribution in [1.82, 2.24) is 10.3 Å². The van der Waals surface area contributed by atoms with E-state index >= 15 is 0 Å². The first-order valence-electron chi connectivity index (χ1n) is 7.51. The van der Waals surface area contributed by atoms with Crippen LogP contribution >= 0.6 is 27.7 Å². The molecule has 1 aromatic heterocycles. The molecule has 6 nitrogen and oxygen atoms in total. The topological polar surface area (TPSA) is 103 Å². The molecule has 28 heavy (non-hydrogen) atoms. The number of carboxylic acid groups (broad SMARTS) is 1. The molecule has 1 aromatic carbocycles. The van der Waals surface area contributed by atoms with Gasteiger partial charge in [-0.25, -0.2) is 4.98 Å². The lowest BCUT2D eigenvalue weighted by molar-refractivity contribution is -0.138. The summed E-state index contributed by atoms with van der Waals surface area (Å²) in [6.45, 7) is -0.620. The molecule has 0 unspecified atom stereocenters.